The van der Waals surface area contributed by atoms with Crippen molar-refractivity contribution in [2.45, 2.75) is 38.8 Å². The second-order valence-electron chi connectivity index (χ2n) is 5.13. The predicted octanol–water partition coefficient (Wildman–Crippen LogP) is 2.25. The summed E-state index contributed by atoms with van der Waals surface area (Å²) in [5.41, 5.74) is 2.54. The average Bonchev–Trinajstić information content (AvgIpc) is 3.12. The van der Waals surface area contributed by atoms with Crippen molar-refractivity contribution in [3.05, 3.63) is 35.4 Å². The average molecular weight is 219 g/mol. The van der Waals surface area contributed by atoms with Gasteiger partial charge in [-0.15, -0.1) is 0 Å². The largest absolute Gasteiger partial charge is 0.394 e. The lowest BCUT2D eigenvalue weighted by Gasteiger charge is -2.29. The third-order valence-corrected chi connectivity index (χ3v) is 3.75. The number of aryl methyl sites for hydroxylation is 1. The predicted molar refractivity (Wildman–Crippen MR) is 66.2 cm³/mol. The van der Waals surface area contributed by atoms with Crippen molar-refractivity contribution in [1.29, 1.82) is 0 Å². The van der Waals surface area contributed by atoms with Crippen LogP contribution in [0.5, 0.6) is 0 Å². The number of nitrogens with one attached hydrogen (secondary N) is 1. The third kappa shape index (κ3) is 2.45. The van der Waals surface area contributed by atoms with Crippen LogP contribution in [0.3, 0.4) is 0 Å². The Morgan fingerprint density at radius 2 is 2.06 bits per heavy atom. The molecule has 88 valence electrons. The standard InChI is InChI=1S/C14H21NO/c1-11-5-3-4-6-12(11)9-15-14(2,10-16)13-7-8-13/h3-6,13,15-16H,7-10H2,1-2H3. The van der Waals surface area contributed by atoms with Crippen LogP contribution >= 0.6 is 0 Å². The van der Waals surface area contributed by atoms with E-state index in [1.54, 1.807) is 0 Å². The molecule has 0 aromatic heterocycles. The molecular formula is C14H21NO. The first-order valence-corrected chi connectivity index (χ1v) is 6.06. The lowest BCUT2D eigenvalue weighted by atomic mass is 9.96. The molecule has 1 aliphatic rings. The molecule has 2 heteroatoms. The third-order valence-electron chi connectivity index (χ3n) is 3.75. The minimum absolute atomic E-state index is 0.0950. The van der Waals surface area contributed by atoms with Gasteiger partial charge in [-0.2, -0.15) is 0 Å². The molecule has 0 saturated heterocycles. The first-order chi connectivity index (χ1) is 7.65. The summed E-state index contributed by atoms with van der Waals surface area (Å²) in [5, 5.41) is 13.0. The Labute approximate surface area is 97.7 Å². The van der Waals surface area contributed by atoms with Crippen LogP contribution < -0.4 is 5.32 Å². The molecule has 2 nitrogen and oxygen atoms in total. The van der Waals surface area contributed by atoms with E-state index in [0.717, 1.165) is 6.54 Å². The van der Waals surface area contributed by atoms with Crippen LogP contribution in [0.2, 0.25) is 0 Å². The van der Waals surface area contributed by atoms with E-state index in [4.69, 9.17) is 0 Å². The smallest absolute Gasteiger partial charge is 0.0613 e. The van der Waals surface area contributed by atoms with Crippen LogP contribution in [0, 0.1) is 12.8 Å². The van der Waals surface area contributed by atoms with Crippen molar-refractivity contribution in [3.8, 4) is 0 Å². The Bertz CT molecular complexity index is 360. The summed E-state index contributed by atoms with van der Waals surface area (Å²) in [6.45, 7) is 5.33. The number of hydrogen-bond donors (Lipinski definition) is 2. The molecule has 0 aliphatic heterocycles. The van der Waals surface area contributed by atoms with Gasteiger partial charge in [0.25, 0.3) is 0 Å². The molecule has 0 radical (unpaired) electrons. The number of rotatable bonds is 5. The minimum atomic E-state index is -0.0950. The minimum Gasteiger partial charge on any atom is -0.394 e. The Morgan fingerprint density at radius 3 is 2.62 bits per heavy atom. The molecule has 0 bridgehead atoms. The van der Waals surface area contributed by atoms with Crippen LogP contribution in [0.15, 0.2) is 24.3 Å². The van der Waals surface area contributed by atoms with Gasteiger partial charge in [0, 0.05) is 12.1 Å². The molecule has 1 atom stereocenters. The lowest BCUT2D eigenvalue weighted by molar-refractivity contribution is 0.153. The van der Waals surface area contributed by atoms with Gasteiger partial charge in [0.2, 0.25) is 0 Å². The molecule has 1 fully saturated rings. The maximum atomic E-state index is 9.48. The highest BCUT2D eigenvalue weighted by Crippen LogP contribution is 2.39. The zero-order valence-electron chi connectivity index (χ0n) is 10.2. The van der Waals surface area contributed by atoms with Gasteiger partial charge in [0.1, 0.15) is 0 Å². The van der Waals surface area contributed by atoms with Gasteiger partial charge in [-0.3, -0.25) is 0 Å². The summed E-state index contributed by atoms with van der Waals surface area (Å²) in [7, 11) is 0. The summed E-state index contributed by atoms with van der Waals surface area (Å²) in [4.78, 5) is 0. The van der Waals surface area contributed by atoms with E-state index in [9.17, 15) is 5.11 Å². The second kappa shape index (κ2) is 4.56. The van der Waals surface area contributed by atoms with Gasteiger partial charge in [-0.1, -0.05) is 24.3 Å². The molecule has 1 aromatic carbocycles. The van der Waals surface area contributed by atoms with E-state index in [2.05, 4.69) is 43.4 Å². The van der Waals surface area contributed by atoms with Crippen molar-refractivity contribution in [1.82, 2.24) is 5.32 Å². The van der Waals surface area contributed by atoms with Gasteiger partial charge >= 0.3 is 0 Å². The number of aliphatic hydroxyl groups excluding tert-OH is 1. The van der Waals surface area contributed by atoms with Gasteiger partial charge in [0.15, 0.2) is 0 Å². The van der Waals surface area contributed by atoms with E-state index >= 15 is 0 Å². The molecule has 0 amide bonds. The topological polar surface area (TPSA) is 32.3 Å². The summed E-state index contributed by atoms with van der Waals surface area (Å²) in [6, 6.07) is 8.40. The monoisotopic (exact) mass is 219 g/mol. The molecule has 1 unspecified atom stereocenters. The summed E-state index contributed by atoms with van der Waals surface area (Å²) >= 11 is 0. The molecule has 0 spiro atoms. The maximum absolute atomic E-state index is 9.48. The van der Waals surface area contributed by atoms with Crippen LogP contribution in [-0.4, -0.2) is 17.3 Å². The molecule has 2 N–H and O–H groups in total. The fraction of sp³-hybridized carbons (Fsp3) is 0.571. The van der Waals surface area contributed by atoms with E-state index in [-0.39, 0.29) is 12.1 Å². The molecule has 1 saturated carbocycles. The Balaban J connectivity index is 1.98. The highest BCUT2D eigenvalue weighted by Gasteiger charge is 2.40. The number of hydrogen-bond acceptors (Lipinski definition) is 2. The summed E-state index contributed by atoms with van der Waals surface area (Å²) in [5.74, 6) is 0.654. The summed E-state index contributed by atoms with van der Waals surface area (Å²) < 4.78 is 0. The Kier molecular flexibility index (Phi) is 3.31. The van der Waals surface area contributed by atoms with Crippen molar-refractivity contribution >= 4 is 0 Å². The van der Waals surface area contributed by atoms with Gasteiger partial charge in [0.05, 0.1) is 6.61 Å². The van der Waals surface area contributed by atoms with E-state index in [0.29, 0.717) is 5.92 Å². The van der Waals surface area contributed by atoms with Crippen molar-refractivity contribution < 1.29 is 5.11 Å². The first-order valence-electron chi connectivity index (χ1n) is 6.06. The molecular weight excluding hydrogens is 198 g/mol. The molecule has 1 aliphatic carbocycles. The quantitative estimate of drug-likeness (QED) is 0.796. The van der Waals surface area contributed by atoms with E-state index in [1.165, 1.54) is 24.0 Å². The van der Waals surface area contributed by atoms with Crippen LogP contribution in [0.1, 0.15) is 30.9 Å². The first kappa shape index (κ1) is 11.6. The lowest BCUT2D eigenvalue weighted by Crippen LogP contribution is -2.47. The van der Waals surface area contributed by atoms with Gasteiger partial charge in [-0.25, -0.2) is 0 Å². The van der Waals surface area contributed by atoms with Crippen molar-refractivity contribution in [2.24, 2.45) is 5.92 Å². The van der Waals surface area contributed by atoms with E-state index < -0.39 is 0 Å². The van der Waals surface area contributed by atoms with Gasteiger partial charge < -0.3 is 10.4 Å². The second-order valence-corrected chi connectivity index (χ2v) is 5.13. The molecule has 16 heavy (non-hydrogen) atoms. The van der Waals surface area contributed by atoms with E-state index in [1.807, 2.05) is 0 Å². The van der Waals surface area contributed by atoms with Crippen LogP contribution in [0.4, 0.5) is 0 Å². The number of aliphatic hydroxyl groups is 1. The molecule has 1 aromatic rings. The van der Waals surface area contributed by atoms with Crippen LogP contribution in [-0.2, 0) is 6.54 Å². The maximum Gasteiger partial charge on any atom is 0.0613 e. The fourth-order valence-electron chi connectivity index (χ4n) is 2.16. The highest BCUT2D eigenvalue weighted by molar-refractivity contribution is 5.25. The fourth-order valence-corrected chi connectivity index (χ4v) is 2.16. The summed E-state index contributed by atoms with van der Waals surface area (Å²) in [6.07, 6.45) is 2.50. The molecule has 0 heterocycles. The SMILES string of the molecule is Cc1ccccc1CNC(C)(CO)C1CC1. The molecule has 2 rings (SSSR count). The normalized spacial score (nSPS) is 19.4. The zero-order valence-corrected chi connectivity index (χ0v) is 10.2. The zero-order chi connectivity index (χ0) is 11.6. The van der Waals surface area contributed by atoms with Crippen molar-refractivity contribution in [2.75, 3.05) is 6.61 Å². The highest BCUT2D eigenvalue weighted by atomic mass is 16.3. The van der Waals surface area contributed by atoms with Crippen molar-refractivity contribution in [3.63, 3.8) is 0 Å². The van der Waals surface area contributed by atoms with Crippen LogP contribution in [0.25, 0.3) is 0 Å². The number of benzene rings is 1. The Morgan fingerprint density at radius 1 is 1.38 bits per heavy atom. The Hall–Kier alpha value is -0.860. The van der Waals surface area contributed by atoms with Gasteiger partial charge in [-0.05, 0) is 43.7 Å².